The SMILES string of the molecule is CC(=O)N1CCc2sc(-c3nc(Nc4cccc(N5CCN(C)CC5)c4)ncc3C)cc2C1. The number of likely N-dealkylation sites (N-methyl/N-ethyl adjacent to an activating group) is 1. The summed E-state index contributed by atoms with van der Waals surface area (Å²) in [7, 11) is 2.17. The lowest BCUT2D eigenvalue weighted by atomic mass is 10.1. The molecule has 172 valence electrons. The lowest BCUT2D eigenvalue weighted by Crippen LogP contribution is -2.44. The molecule has 0 radical (unpaired) electrons. The highest BCUT2D eigenvalue weighted by atomic mass is 32.1. The summed E-state index contributed by atoms with van der Waals surface area (Å²) < 4.78 is 0. The van der Waals surface area contributed by atoms with Gasteiger partial charge in [0.1, 0.15) is 0 Å². The monoisotopic (exact) mass is 462 g/mol. The van der Waals surface area contributed by atoms with E-state index in [2.05, 4.69) is 57.5 Å². The predicted molar refractivity (Wildman–Crippen MR) is 134 cm³/mol. The molecule has 0 spiro atoms. The van der Waals surface area contributed by atoms with E-state index >= 15 is 0 Å². The minimum atomic E-state index is 0.136. The molecule has 1 aromatic carbocycles. The number of nitrogens with one attached hydrogen (secondary N) is 1. The van der Waals surface area contributed by atoms with Gasteiger partial charge in [-0.2, -0.15) is 0 Å². The number of nitrogens with zero attached hydrogens (tertiary/aromatic N) is 5. The number of anilines is 3. The van der Waals surface area contributed by atoms with Crippen molar-refractivity contribution in [3.05, 3.63) is 52.5 Å². The van der Waals surface area contributed by atoms with Crippen molar-refractivity contribution in [2.45, 2.75) is 26.8 Å². The normalized spacial score (nSPS) is 16.6. The number of carbonyl (C=O) groups is 1. The summed E-state index contributed by atoms with van der Waals surface area (Å²) in [6.45, 7) is 9.41. The Hall–Kier alpha value is -2.97. The Morgan fingerprint density at radius 3 is 2.73 bits per heavy atom. The van der Waals surface area contributed by atoms with Crippen LogP contribution in [0.2, 0.25) is 0 Å². The maximum Gasteiger partial charge on any atom is 0.227 e. The third-order valence-electron chi connectivity index (χ3n) is 6.49. The lowest BCUT2D eigenvalue weighted by Gasteiger charge is -2.34. The van der Waals surface area contributed by atoms with Crippen LogP contribution in [0, 0.1) is 6.92 Å². The molecule has 0 aliphatic carbocycles. The zero-order valence-corrected chi connectivity index (χ0v) is 20.3. The first-order valence-corrected chi connectivity index (χ1v) is 12.3. The Bertz CT molecular complexity index is 1170. The molecule has 2 aromatic heterocycles. The molecule has 0 unspecified atom stereocenters. The number of aryl methyl sites for hydroxylation is 1. The molecule has 1 N–H and O–H groups in total. The van der Waals surface area contributed by atoms with Crippen LogP contribution in [0.3, 0.4) is 0 Å². The number of hydrogen-bond donors (Lipinski definition) is 1. The van der Waals surface area contributed by atoms with Crippen LogP contribution in [0.5, 0.6) is 0 Å². The van der Waals surface area contributed by atoms with Crippen molar-refractivity contribution in [3.8, 4) is 10.6 Å². The summed E-state index contributed by atoms with van der Waals surface area (Å²) in [5.41, 5.74) is 5.46. The van der Waals surface area contributed by atoms with Crippen LogP contribution >= 0.6 is 11.3 Å². The quantitative estimate of drug-likeness (QED) is 0.634. The van der Waals surface area contributed by atoms with Gasteiger partial charge in [0, 0.05) is 68.6 Å². The zero-order valence-electron chi connectivity index (χ0n) is 19.5. The second kappa shape index (κ2) is 9.11. The maximum absolute atomic E-state index is 11.8. The highest BCUT2D eigenvalue weighted by Crippen LogP contribution is 2.35. The Morgan fingerprint density at radius 1 is 1.12 bits per heavy atom. The molecular formula is C25H30N6OS. The highest BCUT2D eigenvalue weighted by molar-refractivity contribution is 7.15. The molecule has 0 bridgehead atoms. The summed E-state index contributed by atoms with van der Waals surface area (Å²) in [5, 5.41) is 3.41. The molecule has 33 heavy (non-hydrogen) atoms. The number of rotatable bonds is 4. The first-order chi connectivity index (χ1) is 16.0. The molecule has 5 rings (SSSR count). The van der Waals surface area contributed by atoms with Gasteiger partial charge in [-0.3, -0.25) is 4.79 Å². The van der Waals surface area contributed by atoms with E-state index in [9.17, 15) is 4.79 Å². The summed E-state index contributed by atoms with van der Waals surface area (Å²) in [6, 6.07) is 10.7. The van der Waals surface area contributed by atoms with Crippen molar-refractivity contribution >= 4 is 34.6 Å². The standard InChI is InChI=1S/C25H30N6OS/c1-17-15-26-25(27-20-5-4-6-21(14-20)30-11-9-29(3)10-12-30)28-24(17)23-13-19-16-31(18(2)32)8-7-22(19)33-23/h4-6,13-15H,7-12,16H2,1-3H3,(H,26,27,28). The van der Waals surface area contributed by atoms with Crippen LogP contribution in [0.4, 0.5) is 17.3 Å². The fourth-order valence-corrected chi connectivity index (χ4v) is 5.66. The number of aromatic nitrogens is 2. The van der Waals surface area contributed by atoms with Crippen molar-refractivity contribution in [2.24, 2.45) is 0 Å². The van der Waals surface area contributed by atoms with E-state index in [1.165, 1.54) is 16.1 Å². The minimum Gasteiger partial charge on any atom is -0.369 e. The fraction of sp³-hybridized carbons (Fsp3) is 0.400. The first kappa shape index (κ1) is 21.9. The molecule has 0 atom stereocenters. The molecule has 8 heteroatoms. The summed E-state index contributed by atoms with van der Waals surface area (Å²) in [4.78, 5) is 30.4. The first-order valence-electron chi connectivity index (χ1n) is 11.5. The van der Waals surface area contributed by atoms with Crippen LogP contribution in [0.25, 0.3) is 10.6 Å². The highest BCUT2D eigenvalue weighted by Gasteiger charge is 2.22. The number of thiophene rings is 1. The van der Waals surface area contributed by atoms with Crippen molar-refractivity contribution in [3.63, 3.8) is 0 Å². The fourth-order valence-electron chi connectivity index (χ4n) is 4.44. The number of benzene rings is 1. The molecule has 4 heterocycles. The maximum atomic E-state index is 11.8. The van der Waals surface area contributed by atoms with Crippen molar-refractivity contribution < 1.29 is 4.79 Å². The van der Waals surface area contributed by atoms with Crippen LogP contribution in [-0.4, -0.2) is 65.4 Å². The molecule has 2 aliphatic rings. The van der Waals surface area contributed by atoms with Gasteiger partial charge in [-0.25, -0.2) is 9.97 Å². The third kappa shape index (κ3) is 4.72. The Labute approximate surface area is 199 Å². The van der Waals surface area contributed by atoms with Crippen LogP contribution in [0.15, 0.2) is 36.5 Å². The number of piperazine rings is 1. The molecule has 1 saturated heterocycles. The van der Waals surface area contributed by atoms with E-state index in [0.717, 1.165) is 61.0 Å². The molecular weight excluding hydrogens is 432 g/mol. The van der Waals surface area contributed by atoms with Crippen LogP contribution in [0.1, 0.15) is 22.9 Å². The topological polar surface area (TPSA) is 64.6 Å². The predicted octanol–water partition coefficient (Wildman–Crippen LogP) is 3.91. The number of carbonyl (C=O) groups excluding carboxylic acids is 1. The Kier molecular flexibility index (Phi) is 6.03. The average Bonchev–Trinajstić information content (AvgIpc) is 3.24. The Balaban J connectivity index is 1.36. The van der Waals surface area contributed by atoms with E-state index in [4.69, 9.17) is 4.98 Å². The molecule has 3 aromatic rings. The van der Waals surface area contributed by atoms with Crippen molar-refractivity contribution in [2.75, 3.05) is 50.0 Å². The van der Waals surface area contributed by atoms with Gasteiger partial charge in [-0.15, -0.1) is 11.3 Å². The van der Waals surface area contributed by atoms with Crippen LogP contribution < -0.4 is 10.2 Å². The average molecular weight is 463 g/mol. The summed E-state index contributed by atoms with van der Waals surface area (Å²) >= 11 is 1.79. The van der Waals surface area contributed by atoms with E-state index in [0.29, 0.717) is 12.5 Å². The van der Waals surface area contributed by atoms with Crippen LogP contribution in [-0.2, 0) is 17.8 Å². The lowest BCUT2D eigenvalue weighted by molar-refractivity contribution is -0.129. The largest absolute Gasteiger partial charge is 0.369 e. The molecule has 2 aliphatic heterocycles. The summed E-state index contributed by atoms with van der Waals surface area (Å²) in [5.74, 6) is 0.736. The van der Waals surface area contributed by atoms with Gasteiger partial charge < -0.3 is 20.0 Å². The number of amides is 1. The van der Waals surface area contributed by atoms with Gasteiger partial charge >= 0.3 is 0 Å². The number of fused-ring (bicyclic) bond motifs is 1. The second-order valence-corrected chi connectivity index (χ2v) is 10.1. The van der Waals surface area contributed by atoms with E-state index < -0.39 is 0 Å². The number of hydrogen-bond acceptors (Lipinski definition) is 7. The molecule has 1 fully saturated rings. The minimum absolute atomic E-state index is 0.136. The van der Waals surface area contributed by atoms with E-state index in [1.54, 1.807) is 18.3 Å². The molecule has 0 saturated carbocycles. The second-order valence-electron chi connectivity index (χ2n) is 8.94. The van der Waals surface area contributed by atoms with Gasteiger partial charge in [-0.1, -0.05) is 6.07 Å². The van der Waals surface area contributed by atoms with Crippen molar-refractivity contribution in [1.82, 2.24) is 19.8 Å². The van der Waals surface area contributed by atoms with E-state index in [-0.39, 0.29) is 5.91 Å². The van der Waals surface area contributed by atoms with Gasteiger partial charge in [0.15, 0.2) is 0 Å². The van der Waals surface area contributed by atoms with Gasteiger partial charge in [0.25, 0.3) is 0 Å². The smallest absolute Gasteiger partial charge is 0.227 e. The van der Waals surface area contributed by atoms with Gasteiger partial charge in [0.05, 0.1) is 10.6 Å². The third-order valence-corrected chi connectivity index (χ3v) is 7.73. The van der Waals surface area contributed by atoms with Gasteiger partial charge in [-0.05, 0) is 55.8 Å². The van der Waals surface area contributed by atoms with E-state index in [1.807, 2.05) is 18.0 Å². The molecule has 7 nitrogen and oxygen atoms in total. The zero-order chi connectivity index (χ0) is 22.9. The molecule has 1 amide bonds. The van der Waals surface area contributed by atoms with Gasteiger partial charge in [0.2, 0.25) is 11.9 Å². The Morgan fingerprint density at radius 2 is 1.94 bits per heavy atom. The summed E-state index contributed by atoms with van der Waals surface area (Å²) in [6.07, 6.45) is 2.80. The van der Waals surface area contributed by atoms with Crippen molar-refractivity contribution in [1.29, 1.82) is 0 Å².